The van der Waals surface area contributed by atoms with Crippen LogP contribution in [0.3, 0.4) is 0 Å². The number of nitrogens with one attached hydrogen (secondary N) is 1. The number of hydrogen-bond acceptors (Lipinski definition) is 4. The largest absolute Gasteiger partial charge is 0.338 e. The van der Waals surface area contributed by atoms with Crippen molar-refractivity contribution in [1.82, 2.24) is 15.5 Å². The lowest BCUT2D eigenvalue weighted by molar-refractivity contribution is 0.207. The summed E-state index contributed by atoms with van der Waals surface area (Å²) in [4.78, 5) is 4.27. The van der Waals surface area contributed by atoms with Crippen molar-refractivity contribution >= 4 is 0 Å². The molecule has 0 spiro atoms. The second-order valence-corrected chi connectivity index (χ2v) is 5.79. The Morgan fingerprint density at radius 3 is 2.52 bits per heavy atom. The van der Waals surface area contributed by atoms with Crippen LogP contribution in [0.15, 0.2) is 28.8 Å². The predicted octanol–water partition coefficient (Wildman–Crippen LogP) is 3.71. The Morgan fingerprint density at radius 1 is 1.29 bits per heavy atom. The van der Waals surface area contributed by atoms with E-state index in [-0.39, 0.29) is 17.9 Å². The third kappa shape index (κ3) is 3.13. The highest BCUT2D eigenvalue weighted by Crippen LogP contribution is 2.38. The van der Waals surface area contributed by atoms with Gasteiger partial charge < -0.3 is 4.52 Å². The molecule has 0 saturated heterocycles. The zero-order valence-corrected chi connectivity index (χ0v) is 12.3. The highest BCUT2D eigenvalue weighted by atomic mass is 19.1. The molecule has 1 aliphatic rings. The monoisotopic (exact) mass is 289 g/mol. The summed E-state index contributed by atoms with van der Waals surface area (Å²) in [5.74, 6) is 1.62. The minimum atomic E-state index is -0.202. The molecule has 1 heterocycles. The summed E-state index contributed by atoms with van der Waals surface area (Å²) in [6.07, 6.45) is 3.66. The van der Waals surface area contributed by atoms with E-state index >= 15 is 0 Å². The lowest BCUT2D eigenvalue weighted by Crippen LogP contribution is -2.34. The van der Waals surface area contributed by atoms with Gasteiger partial charge in [-0.3, -0.25) is 5.32 Å². The van der Waals surface area contributed by atoms with E-state index in [9.17, 15) is 4.39 Å². The Morgan fingerprint density at radius 2 is 2.00 bits per heavy atom. The third-order valence-electron chi connectivity index (χ3n) is 4.19. The summed E-state index contributed by atoms with van der Waals surface area (Å²) in [5, 5.41) is 7.40. The quantitative estimate of drug-likeness (QED) is 0.911. The van der Waals surface area contributed by atoms with Crippen LogP contribution in [0, 0.1) is 18.7 Å². The zero-order chi connectivity index (χ0) is 14.8. The van der Waals surface area contributed by atoms with Crippen molar-refractivity contribution in [2.45, 2.75) is 45.2 Å². The Labute approximate surface area is 123 Å². The molecular formula is C16H20FN3O. The molecule has 1 aromatic carbocycles. The molecule has 1 aromatic heterocycles. The van der Waals surface area contributed by atoms with Crippen LogP contribution in [0.1, 0.15) is 55.5 Å². The number of benzene rings is 1. The van der Waals surface area contributed by atoms with Crippen LogP contribution in [0.5, 0.6) is 0 Å². The van der Waals surface area contributed by atoms with Crippen LogP contribution < -0.4 is 5.32 Å². The smallest absolute Gasteiger partial charge is 0.243 e. The third-order valence-corrected chi connectivity index (χ3v) is 4.19. The molecule has 0 amide bonds. The van der Waals surface area contributed by atoms with Gasteiger partial charge in [0, 0.05) is 6.04 Å². The molecule has 0 aliphatic heterocycles. The SMILES string of the molecule is Cc1noc([C@H](C)N[C@H](c2ccc(F)cc2)C2CCC2)n1. The number of rotatable bonds is 5. The summed E-state index contributed by atoms with van der Waals surface area (Å²) in [5.41, 5.74) is 1.11. The lowest BCUT2D eigenvalue weighted by atomic mass is 9.77. The van der Waals surface area contributed by atoms with Gasteiger partial charge in [0.1, 0.15) is 5.82 Å². The fourth-order valence-electron chi connectivity index (χ4n) is 2.78. The maximum Gasteiger partial charge on any atom is 0.243 e. The van der Waals surface area contributed by atoms with Crippen LogP contribution >= 0.6 is 0 Å². The minimum Gasteiger partial charge on any atom is -0.338 e. The highest BCUT2D eigenvalue weighted by Gasteiger charge is 2.30. The van der Waals surface area contributed by atoms with Crippen LogP contribution in [0.2, 0.25) is 0 Å². The topological polar surface area (TPSA) is 51.0 Å². The molecule has 2 atom stereocenters. The number of hydrogen-bond donors (Lipinski definition) is 1. The zero-order valence-electron chi connectivity index (χ0n) is 12.3. The van der Waals surface area contributed by atoms with E-state index in [4.69, 9.17) is 4.52 Å². The lowest BCUT2D eigenvalue weighted by Gasteiger charge is -2.36. The van der Waals surface area contributed by atoms with Crippen LogP contribution in [0.25, 0.3) is 0 Å². The van der Waals surface area contributed by atoms with Gasteiger partial charge in [-0.2, -0.15) is 4.98 Å². The fraction of sp³-hybridized carbons (Fsp3) is 0.500. The molecular weight excluding hydrogens is 269 g/mol. The van der Waals surface area contributed by atoms with Gasteiger partial charge in [-0.25, -0.2) is 4.39 Å². The second kappa shape index (κ2) is 5.93. The van der Waals surface area contributed by atoms with Crippen molar-refractivity contribution < 1.29 is 8.91 Å². The first-order valence-corrected chi connectivity index (χ1v) is 7.45. The molecule has 5 heteroatoms. The fourth-order valence-corrected chi connectivity index (χ4v) is 2.78. The van der Waals surface area contributed by atoms with Gasteiger partial charge >= 0.3 is 0 Å². The highest BCUT2D eigenvalue weighted by molar-refractivity contribution is 5.21. The average Bonchev–Trinajstić information content (AvgIpc) is 2.83. The number of halogens is 1. The molecule has 0 bridgehead atoms. The van der Waals surface area contributed by atoms with Crippen molar-refractivity contribution in [3.05, 3.63) is 47.4 Å². The molecule has 112 valence electrons. The van der Waals surface area contributed by atoms with Gasteiger partial charge in [0.2, 0.25) is 5.89 Å². The summed E-state index contributed by atoms with van der Waals surface area (Å²) >= 11 is 0. The van der Waals surface area contributed by atoms with Gasteiger partial charge in [0.15, 0.2) is 5.82 Å². The normalized spacial score (nSPS) is 18.2. The molecule has 3 rings (SSSR count). The standard InChI is InChI=1S/C16H20FN3O/c1-10(16-19-11(2)20-21-16)18-15(12-4-3-5-12)13-6-8-14(17)9-7-13/h6-10,12,15,18H,3-5H2,1-2H3/t10-,15-/m0/s1. The van der Waals surface area contributed by atoms with Crippen LogP contribution in [-0.4, -0.2) is 10.1 Å². The van der Waals surface area contributed by atoms with Crippen LogP contribution in [0.4, 0.5) is 4.39 Å². The maximum absolute atomic E-state index is 13.1. The van der Waals surface area contributed by atoms with Gasteiger partial charge in [-0.15, -0.1) is 0 Å². The predicted molar refractivity (Wildman–Crippen MR) is 77.1 cm³/mol. The van der Waals surface area contributed by atoms with E-state index in [2.05, 4.69) is 15.5 Å². The molecule has 21 heavy (non-hydrogen) atoms. The Hall–Kier alpha value is -1.75. The molecule has 1 fully saturated rings. The van der Waals surface area contributed by atoms with Crippen LogP contribution in [-0.2, 0) is 0 Å². The minimum absolute atomic E-state index is 0.0261. The molecule has 4 nitrogen and oxygen atoms in total. The first-order chi connectivity index (χ1) is 10.1. The van der Waals surface area contributed by atoms with Crippen molar-refractivity contribution in [3.63, 3.8) is 0 Å². The number of aryl methyl sites for hydroxylation is 1. The van der Waals surface area contributed by atoms with Crippen molar-refractivity contribution in [1.29, 1.82) is 0 Å². The van der Waals surface area contributed by atoms with E-state index < -0.39 is 0 Å². The first-order valence-electron chi connectivity index (χ1n) is 7.45. The summed E-state index contributed by atoms with van der Waals surface area (Å²) < 4.78 is 18.4. The van der Waals surface area contributed by atoms with Gasteiger partial charge in [0.05, 0.1) is 6.04 Å². The Bertz CT molecular complexity index is 592. The molecule has 2 aromatic rings. The maximum atomic E-state index is 13.1. The molecule has 0 unspecified atom stereocenters. The summed E-state index contributed by atoms with van der Waals surface area (Å²) in [7, 11) is 0. The van der Waals surface area contributed by atoms with E-state index in [1.807, 2.05) is 26.0 Å². The first kappa shape index (κ1) is 14.2. The van der Waals surface area contributed by atoms with Gasteiger partial charge in [0.25, 0.3) is 0 Å². The van der Waals surface area contributed by atoms with E-state index in [1.54, 1.807) is 0 Å². The van der Waals surface area contributed by atoms with E-state index in [0.29, 0.717) is 17.6 Å². The molecule has 0 radical (unpaired) electrons. The van der Waals surface area contributed by atoms with E-state index in [0.717, 1.165) is 5.56 Å². The Kier molecular flexibility index (Phi) is 4.01. The summed E-state index contributed by atoms with van der Waals surface area (Å²) in [6.45, 7) is 3.82. The molecule has 1 aliphatic carbocycles. The van der Waals surface area contributed by atoms with Crippen molar-refractivity contribution in [2.24, 2.45) is 5.92 Å². The summed E-state index contributed by atoms with van der Waals surface area (Å²) in [6, 6.07) is 6.92. The van der Waals surface area contributed by atoms with Crippen molar-refractivity contribution in [2.75, 3.05) is 0 Å². The van der Waals surface area contributed by atoms with Gasteiger partial charge in [-0.05, 0) is 50.3 Å². The second-order valence-electron chi connectivity index (χ2n) is 5.79. The number of aromatic nitrogens is 2. The number of nitrogens with zero attached hydrogens (tertiary/aromatic N) is 2. The molecule has 1 saturated carbocycles. The van der Waals surface area contributed by atoms with Crippen molar-refractivity contribution in [3.8, 4) is 0 Å². The van der Waals surface area contributed by atoms with Gasteiger partial charge in [-0.1, -0.05) is 23.7 Å². The van der Waals surface area contributed by atoms with E-state index in [1.165, 1.54) is 31.4 Å². The Balaban J connectivity index is 1.77. The average molecular weight is 289 g/mol. The molecule has 1 N–H and O–H groups in total.